The van der Waals surface area contributed by atoms with E-state index in [2.05, 4.69) is 73.3 Å². The van der Waals surface area contributed by atoms with Gasteiger partial charge in [0.05, 0.1) is 0 Å². The molecule has 0 spiro atoms. The highest BCUT2D eigenvalue weighted by Gasteiger charge is 2.04. The first-order valence-electron chi connectivity index (χ1n) is 6.49. The van der Waals surface area contributed by atoms with Crippen molar-refractivity contribution in [2.75, 3.05) is 0 Å². The molecule has 0 heterocycles. The fourth-order valence-corrected chi connectivity index (χ4v) is 2.39. The highest BCUT2D eigenvalue weighted by atomic mass is 14.1. The molecule has 0 atom stereocenters. The highest BCUT2D eigenvalue weighted by Crippen LogP contribution is 2.27. The van der Waals surface area contributed by atoms with Crippen LogP contribution >= 0.6 is 0 Å². The van der Waals surface area contributed by atoms with Crippen molar-refractivity contribution in [2.24, 2.45) is 0 Å². The Hall–Kier alpha value is -2.34. The Balaban J connectivity index is 2.16. The van der Waals surface area contributed by atoms with Gasteiger partial charge in [-0.3, -0.25) is 0 Å². The second-order valence-corrected chi connectivity index (χ2v) is 4.61. The molecular weight excluding hydrogens is 228 g/mol. The van der Waals surface area contributed by atoms with Crippen LogP contribution in [0.25, 0.3) is 21.9 Å². The van der Waals surface area contributed by atoms with Gasteiger partial charge in [-0.25, -0.2) is 0 Å². The van der Waals surface area contributed by atoms with Crippen molar-refractivity contribution < 1.29 is 0 Å². The lowest BCUT2D eigenvalue weighted by atomic mass is 9.96. The molecule has 0 saturated carbocycles. The van der Waals surface area contributed by atoms with Gasteiger partial charge in [-0.05, 0) is 39.9 Å². The summed E-state index contributed by atoms with van der Waals surface area (Å²) in [4.78, 5) is 0. The van der Waals surface area contributed by atoms with Crippen LogP contribution in [0.5, 0.6) is 0 Å². The van der Waals surface area contributed by atoms with Gasteiger partial charge in [0.2, 0.25) is 0 Å². The largest absolute Gasteiger partial charge is 0.103 e. The Labute approximate surface area is 114 Å². The summed E-state index contributed by atoms with van der Waals surface area (Å²) >= 11 is 0. The average Bonchev–Trinajstić information content (AvgIpc) is 2.48. The predicted molar refractivity (Wildman–Crippen MR) is 82.1 cm³/mol. The molecule has 0 aromatic heterocycles. The first kappa shape index (κ1) is 11.7. The fraction of sp³-hybridized carbons (Fsp3) is 0.0526. The summed E-state index contributed by atoms with van der Waals surface area (Å²) in [5.41, 5.74) is 3.69. The maximum atomic E-state index is 3.83. The van der Waals surface area contributed by atoms with Crippen LogP contribution in [0, 0.1) is 6.07 Å². The summed E-state index contributed by atoms with van der Waals surface area (Å²) in [6, 6.07) is 24.6. The van der Waals surface area contributed by atoms with E-state index in [1.54, 1.807) is 0 Å². The number of fused-ring (bicyclic) bond motifs is 1. The molecule has 91 valence electrons. The van der Waals surface area contributed by atoms with E-state index in [0.29, 0.717) is 0 Å². The minimum absolute atomic E-state index is 0.886. The minimum atomic E-state index is 0.886. The first-order chi connectivity index (χ1) is 9.38. The minimum Gasteiger partial charge on any atom is -0.103 e. The van der Waals surface area contributed by atoms with E-state index in [-0.39, 0.29) is 0 Å². The van der Waals surface area contributed by atoms with E-state index in [1.165, 1.54) is 16.5 Å². The van der Waals surface area contributed by atoms with Crippen LogP contribution in [0.2, 0.25) is 0 Å². The van der Waals surface area contributed by atoms with E-state index in [1.807, 2.05) is 6.08 Å². The molecule has 19 heavy (non-hydrogen) atoms. The molecule has 0 aliphatic heterocycles. The second-order valence-electron chi connectivity index (χ2n) is 4.61. The Bertz CT molecular complexity index is 723. The first-order valence-corrected chi connectivity index (χ1v) is 6.49. The van der Waals surface area contributed by atoms with Gasteiger partial charge >= 0.3 is 0 Å². The second kappa shape index (κ2) is 5.11. The van der Waals surface area contributed by atoms with Crippen molar-refractivity contribution in [3.05, 3.63) is 84.9 Å². The SMILES string of the molecule is C=CCc1ccccc1-c1[c]c2ccccc2cc1. The zero-order valence-electron chi connectivity index (χ0n) is 10.8. The predicted octanol–water partition coefficient (Wildman–Crippen LogP) is 5.04. The van der Waals surface area contributed by atoms with E-state index in [4.69, 9.17) is 0 Å². The van der Waals surface area contributed by atoms with Gasteiger partial charge in [-0.2, -0.15) is 0 Å². The number of benzene rings is 3. The van der Waals surface area contributed by atoms with Gasteiger partial charge in [-0.15, -0.1) is 6.58 Å². The molecule has 0 aliphatic rings. The van der Waals surface area contributed by atoms with Crippen LogP contribution in [0.3, 0.4) is 0 Å². The Kier molecular flexibility index (Phi) is 3.16. The zero-order valence-corrected chi connectivity index (χ0v) is 10.8. The zero-order chi connectivity index (χ0) is 13.1. The number of hydrogen-bond acceptors (Lipinski definition) is 0. The van der Waals surface area contributed by atoms with Gasteiger partial charge in [0, 0.05) is 0 Å². The van der Waals surface area contributed by atoms with Crippen molar-refractivity contribution in [2.45, 2.75) is 6.42 Å². The molecule has 1 radical (unpaired) electrons. The molecule has 3 aromatic carbocycles. The van der Waals surface area contributed by atoms with Gasteiger partial charge in [-0.1, -0.05) is 66.7 Å². The molecule has 3 rings (SSSR count). The van der Waals surface area contributed by atoms with E-state index in [9.17, 15) is 0 Å². The third-order valence-electron chi connectivity index (χ3n) is 3.33. The monoisotopic (exact) mass is 243 g/mol. The Morgan fingerprint density at radius 3 is 2.58 bits per heavy atom. The van der Waals surface area contributed by atoms with E-state index in [0.717, 1.165) is 17.4 Å². The molecule has 3 aromatic rings. The van der Waals surface area contributed by atoms with Crippen LogP contribution in [-0.4, -0.2) is 0 Å². The van der Waals surface area contributed by atoms with Crippen LogP contribution in [0.15, 0.2) is 73.3 Å². The molecule has 0 saturated heterocycles. The normalized spacial score (nSPS) is 10.5. The maximum absolute atomic E-state index is 3.83. The molecule has 0 nitrogen and oxygen atoms in total. The molecule has 0 bridgehead atoms. The lowest BCUT2D eigenvalue weighted by molar-refractivity contribution is 1.28. The van der Waals surface area contributed by atoms with Crippen LogP contribution in [-0.2, 0) is 6.42 Å². The summed E-state index contributed by atoms with van der Waals surface area (Å²) in [7, 11) is 0. The number of rotatable bonds is 3. The molecule has 0 unspecified atom stereocenters. The molecule has 0 N–H and O–H groups in total. The topological polar surface area (TPSA) is 0 Å². The standard InChI is InChI=1S/C19H15/c1-2-7-16-9-5-6-11-19(16)18-13-12-15-8-3-4-10-17(15)14-18/h2-6,8-13H,1,7H2. The summed E-state index contributed by atoms with van der Waals surface area (Å²) in [6.45, 7) is 3.83. The van der Waals surface area contributed by atoms with Crippen LogP contribution in [0.1, 0.15) is 5.56 Å². The quantitative estimate of drug-likeness (QED) is 0.566. The molecule has 0 fully saturated rings. The van der Waals surface area contributed by atoms with Gasteiger partial charge < -0.3 is 0 Å². The summed E-state index contributed by atoms with van der Waals surface area (Å²) in [5, 5.41) is 2.39. The lowest BCUT2D eigenvalue weighted by Gasteiger charge is -2.08. The molecule has 0 heteroatoms. The highest BCUT2D eigenvalue weighted by molar-refractivity contribution is 5.87. The Morgan fingerprint density at radius 2 is 1.68 bits per heavy atom. The molecule has 0 amide bonds. The summed E-state index contributed by atoms with van der Waals surface area (Å²) in [5.74, 6) is 0. The van der Waals surface area contributed by atoms with Crippen molar-refractivity contribution in [3.63, 3.8) is 0 Å². The van der Waals surface area contributed by atoms with Crippen molar-refractivity contribution in [3.8, 4) is 11.1 Å². The van der Waals surface area contributed by atoms with Gasteiger partial charge in [0.15, 0.2) is 0 Å². The average molecular weight is 243 g/mol. The lowest BCUT2D eigenvalue weighted by Crippen LogP contribution is -1.88. The maximum Gasteiger partial charge on any atom is -0.00142 e. The third kappa shape index (κ3) is 2.30. The summed E-state index contributed by atoms with van der Waals surface area (Å²) in [6.07, 6.45) is 2.83. The molecular formula is C19H15. The van der Waals surface area contributed by atoms with Crippen LogP contribution < -0.4 is 0 Å². The Morgan fingerprint density at radius 1 is 0.895 bits per heavy atom. The summed E-state index contributed by atoms with van der Waals surface area (Å²) < 4.78 is 0. The molecule has 0 aliphatic carbocycles. The van der Waals surface area contributed by atoms with Gasteiger partial charge in [0.25, 0.3) is 0 Å². The van der Waals surface area contributed by atoms with E-state index >= 15 is 0 Å². The fourth-order valence-electron chi connectivity index (χ4n) is 2.39. The third-order valence-corrected chi connectivity index (χ3v) is 3.33. The number of hydrogen-bond donors (Lipinski definition) is 0. The van der Waals surface area contributed by atoms with Crippen LogP contribution in [0.4, 0.5) is 0 Å². The van der Waals surface area contributed by atoms with Crippen molar-refractivity contribution in [1.82, 2.24) is 0 Å². The van der Waals surface area contributed by atoms with Gasteiger partial charge in [0.1, 0.15) is 0 Å². The van der Waals surface area contributed by atoms with Crippen molar-refractivity contribution >= 4 is 10.8 Å². The number of allylic oxidation sites excluding steroid dienone is 1. The smallest absolute Gasteiger partial charge is 0.00142 e. The van der Waals surface area contributed by atoms with Crippen molar-refractivity contribution in [1.29, 1.82) is 0 Å². The van der Waals surface area contributed by atoms with E-state index < -0.39 is 0 Å².